The topological polar surface area (TPSA) is 105 Å². The number of aryl methyl sites for hydroxylation is 2. The second-order valence-corrected chi connectivity index (χ2v) is 5.56. The summed E-state index contributed by atoms with van der Waals surface area (Å²) in [5, 5.41) is 24.4. The summed E-state index contributed by atoms with van der Waals surface area (Å²) < 4.78 is 0. The molecule has 26 heavy (non-hydrogen) atoms. The van der Waals surface area contributed by atoms with Gasteiger partial charge in [-0.2, -0.15) is 0 Å². The van der Waals surface area contributed by atoms with Crippen LogP contribution in [0, 0.1) is 13.8 Å². The van der Waals surface area contributed by atoms with Crippen molar-refractivity contribution in [3.05, 3.63) is 72.1 Å². The zero-order valence-corrected chi connectivity index (χ0v) is 15.3. The predicted octanol–water partition coefficient (Wildman–Crippen LogP) is 2.31. The quantitative estimate of drug-likeness (QED) is 0.334. The first-order chi connectivity index (χ1) is 11.5. The number of nitrogens with zero attached hydrogens (tertiary/aromatic N) is 2. The molecule has 6 heteroatoms. The first-order valence-corrected chi connectivity index (χ1v) is 7.61. The van der Waals surface area contributed by atoms with Crippen LogP contribution in [-0.4, -0.2) is 9.97 Å². The van der Waals surface area contributed by atoms with Crippen molar-refractivity contribution in [3.63, 3.8) is 0 Å². The Labute approximate surface area is 162 Å². The van der Waals surface area contributed by atoms with Gasteiger partial charge in [0.05, 0.1) is 11.0 Å². The normalized spacial score (nSPS) is 9.62. The zero-order chi connectivity index (χ0) is 17.1. The van der Waals surface area contributed by atoms with E-state index in [1.54, 1.807) is 12.1 Å². The molecule has 2 heterocycles. The number of pyridine rings is 2. The maximum atomic E-state index is 11.3. The Bertz CT molecular complexity index is 939. The first-order valence-electron chi connectivity index (χ1n) is 7.61. The predicted molar refractivity (Wildman–Crippen MR) is 96.7 cm³/mol. The molecule has 0 spiro atoms. The van der Waals surface area contributed by atoms with Crippen molar-refractivity contribution >= 4 is 21.8 Å². The summed E-state index contributed by atoms with van der Waals surface area (Å²) in [7, 11) is 0. The van der Waals surface area contributed by atoms with Crippen LogP contribution in [0.25, 0.3) is 21.8 Å². The van der Waals surface area contributed by atoms with Gasteiger partial charge in [0.1, 0.15) is 0 Å². The molecule has 4 rings (SSSR count). The molecule has 1 radical (unpaired) electrons. The molecule has 3 N–H and O–H groups in total. The van der Waals surface area contributed by atoms with Crippen LogP contribution >= 0.6 is 0 Å². The Balaban J connectivity index is 0.000000241. The average Bonchev–Trinajstić information content (AvgIpc) is 2.57. The molecule has 0 saturated heterocycles. The molecule has 0 fully saturated rings. The van der Waals surface area contributed by atoms with Crippen molar-refractivity contribution in [2.75, 3.05) is 0 Å². The van der Waals surface area contributed by atoms with Gasteiger partial charge in [0.2, 0.25) is 0 Å². The van der Waals surface area contributed by atoms with Gasteiger partial charge in [-0.3, -0.25) is 9.97 Å². The molecule has 0 aliphatic carbocycles. The molecule has 2 aromatic carbocycles. The van der Waals surface area contributed by atoms with Crippen LogP contribution in [0.3, 0.4) is 0 Å². The van der Waals surface area contributed by atoms with Gasteiger partial charge in [0.25, 0.3) is 0 Å². The fourth-order valence-electron chi connectivity index (χ4n) is 2.43. The summed E-state index contributed by atoms with van der Waals surface area (Å²) in [6, 6.07) is 18.0. The second kappa shape index (κ2) is 9.15. The van der Waals surface area contributed by atoms with Crippen LogP contribution in [0.15, 0.2) is 60.7 Å². The Morgan fingerprint density at radius 2 is 1.00 bits per heavy atom. The van der Waals surface area contributed by atoms with Gasteiger partial charge >= 0.3 is 17.1 Å². The third kappa shape index (κ3) is 4.70. The molecule has 0 amide bonds. The molecule has 137 valence electrons. The van der Waals surface area contributed by atoms with Gasteiger partial charge < -0.3 is 15.7 Å². The van der Waals surface area contributed by atoms with Crippen LogP contribution in [0.1, 0.15) is 11.4 Å². The minimum Gasteiger partial charge on any atom is -0.871 e. The average molecular weight is 399 g/mol. The minimum atomic E-state index is -0.00352. The van der Waals surface area contributed by atoms with E-state index in [2.05, 4.69) is 9.97 Å². The molecule has 0 unspecified atom stereocenters. The molecule has 0 aliphatic heterocycles. The van der Waals surface area contributed by atoms with E-state index in [0.29, 0.717) is 11.0 Å². The van der Waals surface area contributed by atoms with E-state index in [0.717, 1.165) is 22.2 Å². The van der Waals surface area contributed by atoms with E-state index in [1.807, 2.05) is 50.2 Å². The molecule has 5 nitrogen and oxygen atoms in total. The monoisotopic (exact) mass is 398 g/mol. The number of hydrogen-bond acceptors (Lipinski definition) is 4. The fraction of sp³-hybridized carbons (Fsp3) is 0.100. The van der Waals surface area contributed by atoms with Crippen molar-refractivity contribution in [2.45, 2.75) is 13.8 Å². The van der Waals surface area contributed by atoms with E-state index in [9.17, 15) is 10.2 Å². The molecular weight excluding hydrogens is 380 g/mol. The van der Waals surface area contributed by atoms with E-state index in [1.165, 1.54) is 12.1 Å². The van der Waals surface area contributed by atoms with Gasteiger partial charge in [-0.15, -0.1) is 0 Å². The number of aromatic nitrogens is 2. The summed E-state index contributed by atoms with van der Waals surface area (Å²) in [5.74, 6) is -0.00704. The Hall–Kier alpha value is -2.66. The molecule has 0 aliphatic rings. The molecule has 4 aromatic rings. The van der Waals surface area contributed by atoms with E-state index in [-0.39, 0.29) is 34.0 Å². The largest absolute Gasteiger partial charge is 2.00 e. The van der Waals surface area contributed by atoms with Crippen LogP contribution in [0.2, 0.25) is 0 Å². The zero-order valence-electron chi connectivity index (χ0n) is 14.4. The molecule has 0 saturated carbocycles. The summed E-state index contributed by atoms with van der Waals surface area (Å²) >= 11 is 0. The summed E-state index contributed by atoms with van der Waals surface area (Å²) in [6.45, 7) is 3.76. The number of para-hydroxylation sites is 2. The van der Waals surface area contributed by atoms with Crippen LogP contribution < -0.4 is 10.2 Å². The number of rotatable bonds is 0. The number of fused-ring (bicyclic) bond motifs is 2. The first kappa shape index (κ1) is 21.4. The van der Waals surface area contributed by atoms with Crippen molar-refractivity contribution in [3.8, 4) is 11.5 Å². The SMILES string of the molecule is Cc1ccc2cccc([O-])c2n1.Cc1ccc2cccc([O-])c2n1.[Cu+2].[OH3+]. The van der Waals surface area contributed by atoms with Crippen molar-refractivity contribution in [2.24, 2.45) is 0 Å². The fourth-order valence-corrected chi connectivity index (χ4v) is 2.43. The van der Waals surface area contributed by atoms with Crippen LogP contribution in [0.5, 0.6) is 11.5 Å². The van der Waals surface area contributed by atoms with Crippen molar-refractivity contribution < 1.29 is 32.8 Å². The second-order valence-electron chi connectivity index (χ2n) is 5.56. The van der Waals surface area contributed by atoms with Gasteiger partial charge in [0.15, 0.2) is 0 Å². The number of hydrogen-bond donors (Lipinski definition) is 0. The molecular formula is C20H19CuN2O3+. The van der Waals surface area contributed by atoms with Crippen LogP contribution in [-0.2, 0) is 22.5 Å². The van der Waals surface area contributed by atoms with Crippen LogP contribution in [0.4, 0.5) is 0 Å². The van der Waals surface area contributed by atoms with E-state index < -0.39 is 0 Å². The summed E-state index contributed by atoms with van der Waals surface area (Å²) in [5.41, 5.74) is 2.90. The number of benzene rings is 2. The summed E-state index contributed by atoms with van der Waals surface area (Å²) in [4.78, 5) is 8.33. The Morgan fingerprint density at radius 1 is 0.615 bits per heavy atom. The van der Waals surface area contributed by atoms with Crippen molar-refractivity contribution in [1.82, 2.24) is 9.97 Å². The third-order valence-corrected chi connectivity index (χ3v) is 3.64. The Morgan fingerprint density at radius 3 is 1.38 bits per heavy atom. The third-order valence-electron chi connectivity index (χ3n) is 3.64. The minimum absolute atomic E-state index is 0. The maximum absolute atomic E-state index is 11.3. The van der Waals surface area contributed by atoms with E-state index in [4.69, 9.17) is 0 Å². The van der Waals surface area contributed by atoms with Gasteiger partial charge in [-0.05, 0) is 36.8 Å². The Kier molecular flexibility index (Phi) is 7.53. The van der Waals surface area contributed by atoms with E-state index >= 15 is 0 Å². The van der Waals surface area contributed by atoms with Gasteiger partial charge in [-0.25, -0.2) is 0 Å². The van der Waals surface area contributed by atoms with Gasteiger partial charge in [-0.1, -0.05) is 60.0 Å². The molecule has 0 bridgehead atoms. The molecule has 0 atom stereocenters. The smallest absolute Gasteiger partial charge is 0.871 e. The standard InChI is InChI=1S/2C10H9NO.Cu.H2O/c2*1-7-5-6-8-3-2-4-9(12)10(8)11-7;;/h2*2-6,12H,1H3;;1H2/q;;+2;/p-1. The van der Waals surface area contributed by atoms with Gasteiger partial charge in [0, 0.05) is 11.4 Å². The molecule has 2 aromatic heterocycles. The maximum Gasteiger partial charge on any atom is 2.00 e. The van der Waals surface area contributed by atoms with Crippen molar-refractivity contribution in [1.29, 1.82) is 0 Å². The summed E-state index contributed by atoms with van der Waals surface area (Å²) in [6.07, 6.45) is 0.